The Morgan fingerprint density at radius 1 is 1.04 bits per heavy atom. The summed E-state index contributed by atoms with van der Waals surface area (Å²) < 4.78 is 33.1. The zero-order valence-electron chi connectivity index (χ0n) is 16.7. The normalized spacial score (nSPS) is 19.3. The van der Waals surface area contributed by atoms with Gasteiger partial charge in [0.2, 0.25) is 15.9 Å². The maximum atomic E-state index is 13.0. The topological polar surface area (TPSA) is 79.0 Å². The maximum Gasteiger partial charge on any atom is 0.246 e. The summed E-state index contributed by atoms with van der Waals surface area (Å²) in [6.07, 6.45) is 6.41. The van der Waals surface area contributed by atoms with Gasteiger partial charge in [-0.15, -0.1) is 0 Å². The third kappa shape index (κ3) is 5.24. The van der Waals surface area contributed by atoms with Crippen LogP contribution < -0.4 is 10.1 Å². The summed E-state index contributed by atoms with van der Waals surface area (Å²) in [6.45, 7) is 5.46. The summed E-state index contributed by atoms with van der Waals surface area (Å²) >= 11 is 0. The molecular weight excluding hydrogens is 378 g/mol. The van der Waals surface area contributed by atoms with Gasteiger partial charge in [0.1, 0.15) is 10.6 Å². The first-order chi connectivity index (χ1) is 13.5. The second kappa shape index (κ2) is 9.71. The van der Waals surface area contributed by atoms with Crippen molar-refractivity contribution >= 4 is 21.6 Å². The van der Waals surface area contributed by atoms with E-state index < -0.39 is 10.0 Å². The summed E-state index contributed by atoms with van der Waals surface area (Å²) in [5, 5.41) is 2.86. The first kappa shape index (κ1) is 21.1. The zero-order valence-corrected chi connectivity index (χ0v) is 17.5. The number of carbonyl (C=O) groups is 1. The van der Waals surface area contributed by atoms with Gasteiger partial charge < -0.3 is 10.1 Å². The van der Waals surface area contributed by atoms with E-state index in [9.17, 15) is 13.2 Å². The third-order valence-electron chi connectivity index (χ3n) is 5.28. The number of nitrogens with one attached hydrogen (secondary N) is 1. The fraction of sp³-hybridized carbons (Fsp3) is 0.650. The van der Waals surface area contributed by atoms with Crippen LogP contribution in [0.15, 0.2) is 23.1 Å². The molecule has 1 aromatic carbocycles. The van der Waals surface area contributed by atoms with Crippen LogP contribution in [-0.2, 0) is 14.8 Å². The van der Waals surface area contributed by atoms with Gasteiger partial charge >= 0.3 is 0 Å². The van der Waals surface area contributed by atoms with E-state index in [4.69, 9.17) is 4.74 Å². The van der Waals surface area contributed by atoms with E-state index in [1.165, 1.54) is 23.2 Å². The van der Waals surface area contributed by atoms with Gasteiger partial charge in [0.05, 0.1) is 13.2 Å². The van der Waals surface area contributed by atoms with E-state index in [2.05, 4.69) is 10.2 Å². The summed E-state index contributed by atoms with van der Waals surface area (Å²) in [6, 6.07) is 4.86. The number of ether oxygens (including phenoxy) is 1. The number of amides is 1. The highest BCUT2D eigenvalue weighted by molar-refractivity contribution is 7.89. The Morgan fingerprint density at radius 3 is 2.32 bits per heavy atom. The van der Waals surface area contributed by atoms with E-state index >= 15 is 0 Å². The van der Waals surface area contributed by atoms with Crippen molar-refractivity contribution in [3.63, 3.8) is 0 Å². The standard InChI is InChI=1S/C20H31N3O4S/c1-2-27-18-10-9-17(15-19(18)28(25,26)23-13-7-8-14-23)21-20(24)16-22-11-5-3-4-6-12-22/h9-10,15H,2-8,11-14,16H2,1H3,(H,21,24). The monoisotopic (exact) mass is 409 g/mol. The van der Waals surface area contributed by atoms with Gasteiger partial charge in [-0.05, 0) is 63.9 Å². The van der Waals surface area contributed by atoms with Gasteiger partial charge in [0, 0.05) is 18.8 Å². The highest BCUT2D eigenvalue weighted by atomic mass is 32.2. The third-order valence-corrected chi connectivity index (χ3v) is 7.20. The Bertz CT molecular complexity index is 768. The average Bonchev–Trinajstić information content (AvgIpc) is 3.10. The van der Waals surface area contributed by atoms with Gasteiger partial charge in [0.15, 0.2) is 0 Å². The van der Waals surface area contributed by atoms with Crippen LogP contribution in [0, 0.1) is 0 Å². The van der Waals surface area contributed by atoms with E-state index in [-0.39, 0.29) is 10.8 Å². The molecule has 1 amide bonds. The quantitative estimate of drug-likeness (QED) is 0.749. The molecule has 156 valence electrons. The van der Waals surface area contributed by atoms with E-state index in [0.717, 1.165) is 38.8 Å². The van der Waals surface area contributed by atoms with Crippen molar-refractivity contribution in [2.24, 2.45) is 0 Å². The Labute approximate surface area is 168 Å². The number of anilines is 1. The van der Waals surface area contributed by atoms with E-state index in [0.29, 0.717) is 37.7 Å². The van der Waals surface area contributed by atoms with Crippen molar-refractivity contribution in [1.82, 2.24) is 9.21 Å². The van der Waals surface area contributed by atoms with E-state index in [1.54, 1.807) is 12.1 Å². The first-order valence-electron chi connectivity index (χ1n) is 10.3. The van der Waals surface area contributed by atoms with Crippen molar-refractivity contribution in [1.29, 1.82) is 0 Å². The molecule has 8 heteroatoms. The molecule has 0 saturated carbocycles. The van der Waals surface area contributed by atoms with Crippen molar-refractivity contribution in [2.45, 2.75) is 50.3 Å². The van der Waals surface area contributed by atoms with Crippen molar-refractivity contribution in [3.8, 4) is 5.75 Å². The molecule has 1 aromatic rings. The Hall–Kier alpha value is -1.64. The molecule has 7 nitrogen and oxygen atoms in total. The van der Waals surface area contributed by atoms with Crippen LogP contribution in [0.1, 0.15) is 45.4 Å². The van der Waals surface area contributed by atoms with Crippen LogP contribution in [-0.4, -0.2) is 62.9 Å². The number of sulfonamides is 1. The number of likely N-dealkylation sites (tertiary alicyclic amines) is 1. The molecular formula is C20H31N3O4S. The van der Waals surface area contributed by atoms with Gasteiger partial charge in [-0.2, -0.15) is 4.31 Å². The van der Waals surface area contributed by atoms with Crippen LogP contribution in [0.4, 0.5) is 5.69 Å². The van der Waals surface area contributed by atoms with Crippen molar-refractivity contribution in [3.05, 3.63) is 18.2 Å². The molecule has 0 aliphatic carbocycles. The van der Waals surface area contributed by atoms with Crippen LogP contribution in [0.25, 0.3) is 0 Å². The number of carbonyl (C=O) groups excluding carboxylic acids is 1. The van der Waals surface area contributed by atoms with Gasteiger partial charge in [0.25, 0.3) is 0 Å². The molecule has 2 aliphatic heterocycles. The second-order valence-corrected chi connectivity index (χ2v) is 9.35. The summed E-state index contributed by atoms with van der Waals surface area (Å²) in [7, 11) is -3.64. The molecule has 2 fully saturated rings. The molecule has 3 rings (SSSR count). The molecule has 0 spiro atoms. The van der Waals surface area contributed by atoms with Gasteiger partial charge in [-0.1, -0.05) is 12.8 Å². The smallest absolute Gasteiger partial charge is 0.246 e. The fourth-order valence-corrected chi connectivity index (χ4v) is 5.50. The lowest BCUT2D eigenvalue weighted by molar-refractivity contribution is -0.117. The number of rotatable bonds is 7. The lowest BCUT2D eigenvalue weighted by atomic mass is 10.2. The lowest BCUT2D eigenvalue weighted by Crippen LogP contribution is -2.34. The van der Waals surface area contributed by atoms with Crippen LogP contribution in [0.2, 0.25) is 0 Å². The zero-order chi connectivity index (χ0) is 20.0. The molecule has 0 atom stereocenters. The molecule has 2 heterocycles. The molecule has 0 radical (unpaired) electrons. The SMILES string of the molecule is CCOc1ccc(NC(=O)CN2CCCCCC2)cc1S(=O)(=O)N1CCCC1. The van der Waals surface area contributed by atoms with Crippen molar-refractivity contribution in [2.75, 3.05) is 44.6 Å². The largest absolute Gasteiger partial charge is 0.492 e. The number of hydrogen-bond donors (Lipinski definition) is 1. The molecule has 0 aromatic heterocycles. The fourth-order valence-electron chi connectivity index (χ4n) is 3.83. The minimum absolute atomic E-state index is 0.115. The van der Waals surface area contributed by atoms with Gasteiger partial charge in [-0.3, -0.25) is 9.69 Å². The molecule has 2 saturated heterocycles. The molecule has 0 unspecified atom stereocenters. The van der Waals surface area contributed by atoms with Crippen LogP contribution in [0.5, 0.6) is 5.75 Å². The highest BCUT2D eigenvalue weighted by Crippen LogP contribution is 2.31. The molecule has 28 heavy (non-hydrogen) atoms. The summed E-state index contributed by atoms with van der Waals surface area (Å²) in [5.74, 6) is 0.218. The number of nitrogens with zero attached hydrogens (tertiary/aromatic N) is 2. The molecule has 0 bridgehead atoms. The van der Waals surface area contributed by atoms with E-state index in [1.807, 2.05) is 6.92 Å². The summed E-state index contributed by atoms with van der Waals surface area (Å²) in [5.41, 5.74) is 0.487. The predicted octanol–water partition coefficient (Wildman–Crippen LogP) is 2.68. The minimum atomic E-state index is -3.64. The summed E-state index contributed by atoms with van der Waals surface area (Å²) in [4.78, 5) is 14.8. The average molecular weight is 410 g/mol. The number of hydrogen-bond acceptors (Lipinski definition) is 5. The minimum Gasteiger partial charge on any atom is -0.492 e. The first-order valence-corrected chi connectivity index (χ1v) is 11.7. The van der Waals surface area contributed by atoms with Crippen LogP contribution in [0.3, 0.4) is 0 Å². The lowest BCUT2D eigenvalue weighted by Gasteiger charge is -2.20. The maximum absolute atomic E-state index is 13.0. The number of benzene rings is 1. The molecule has 2 aliphatic rings. The molecule has 1 N–H and O–H groups in total. The van der Waals surface area contributed by atoms with Crippen LogP contribution >= 0.6 is 0 Å². The Kier molecular flexibility index (Phi) is 7.31. The van der Waals surface area contributed by atoms with Gasteiger partial charge in [-0.25, -0.2) is 8.42 Å². The Morgan fingerprint density at radius 2 is 1.68 bits per heavy atom. The highest BCUT2D eigenvalue weighted by Gasteiger charge is 2.30. The van der Waals surface area contributed by atoms with Crippen molar-refractivity contribution < 1.29 is 17.9 Å². The predicted molar refractivity (Wildman–Crippen MR) is 109 cm³/mol. The second-order valence-electron chi connectivity index (χ2n) is 7.44. The Balaban J connectivity index is 1.75.